The van der Waals surface area contributed by atoms with Crippen LogP contribution in [0.4, 0.5) is 0 Å². The average Bonchev–Trinajstić information content (AvgIpc) is 2.88. The highest BCUT2D eigenvalue weighted by Crippen LogP contribution is 2.24. The Hall–Kier alpha value is -2.93. The van der Waals surface area contributed by atoms with Crippen molar-refractivity contribution in [3.63, 3.8) is 0 Å². The van der Waals surface area contributed by atoms with Crippen LogP contribution >= 0.6 is 0 Å². The number of carboxylic acid groups (broad SMARTS) is 1. The van der Waals surface area contributed by atoms with Gasteiger partial charge in [0.05, 0.1) is 18.8 Å². The van der Waals surface area contributed by atoms with Gasteiger partial charge in [-0.05, 0) is 39.7 Å². The predicted octanol–water partition coefficient (Wildman–Crippen LogP) is -4.55. The molecule has 0 saturated carbocycles. The molecule has 0 bridgehead atoms. The summed E-state index contributed by atoms with van der Waals surface area (Å²) in [5.74, 6) is -4.18. The number of amides is 4. The molecule has 1 unspecified atom stereocenters. The van der Waals surface area contributed by atoms with Crippen LogP contribution < -0.4 is 27.8 Å². The smallest absolute Gasteiger partial charge is 0.326 e. The highest BCUT2D eigenvalue weighted by atomic mass is 16.6. The molecule has 0 aliphatic carbocycles. The number of carboxylic acids is 1. The fourth-order valence-corrected chi connectivity index (χ4v) is 4.35. The maximum absolute atomic E-state index is 13.3. The average molecular weight is 593 g/mol. The molecule has 1 saturated heterocycles. The van der Waals surface area contributed by atoms with Crippen LogP contribution in [0.5, 0.6) is 0 Å². The van der Waals surface area contributed by atoms with Crippen LogP contribution in [0.15, 0.2) is 0 Å². The Labute approximate surface area is 237 Å². The van der Waals surface area contributed by atoms with Gasteiger partial charge in [0.25, 0.3) is 0 Å². The van der Waals surface area contributed by atoms with E-state index in [0.717, 1.165) is 4.90 Å². The van der Waals surface area contributed by atoms with E-state index >= 15 is 0 Å². The largest absolute Gasteiger partial charge is 0.480 e. The molecular formula is C24H44N6O11. The molecular weight excluding hydrogens is 548 g/mol. The second kappa shape index (κ2) is 17.1. The number of carbonyl (C=O) groups excluding carboxylic acids is 4. The number of nitrogens with two attached hydrogens (primary N) is 3. The van der Waals surface area contributed by atoms with Crippen molar-refractivity contribution in [2.45, 2.75) is 101 Å². The summed E-state index contributed by atoms with van der Waals surface area (Å²) in [6.07, 6.45) is -7.08. The Balaban J connectivity index is 3.20. The lowest BCUT2D eigenvalue weighted by Crippen LogP contribution is -2.65. The summed E-state index contributed by atoms with van der Waals surface area (Å²) >= 11 is 0. The van der Waals surface area contributed by atoms with Crippen molar-refractivity contribution < 1.29 is 53.9 Å². The molecule has 236 valence electrons. The van der Waals surface area contributed by atoms with E-state index in [0.29, 0.717) is 0 Å². The highest BCUT2D eigenvalue weighted by molar-refractivity contribution is 5.89. The third-order valence-corrected chi connectivity index (χ3v) is 6.47. The summed E-state index contributed by atoms with van der Waals surface area (Å²) in [6.45, 7) is 3.19. The van der Waals surface area contributed by atoms with E-state index in [1.165, 1.54) is 20.8 Å². The van der Waals surface area contributed by atoms with E-state index in [2.05, 4.69) is 10.6 Å². The number of hydrogen-bond donors (Lipinski definition) is 9. The van der Waals surface area contributed by atoms with Crippen LogP contribution in [0.1, 0.15) is 46.5 Å². The minimum Gasteiger partial charge on any atom is -0.480 e. The molecule has 0 aromatic heterocycles. The summed E-state index contributed by atoms with van der Waals surface area (Å²) in [5, 5.41) is 45.2. The van der Waals surface area contributed by atoms with Gasteiger partial charge < -0.3 is 62.6 Å². The number of aliphatic hydroxyl groups is 3. The number of primary amides is 1. The number of nitrogens with zero attached hydrogens (tertiary/aromatic N) is 1. The van der Waals surface area contributed by atoms with Crippen LogP contribution in [0.25, 0.3) is 0 Å². The van der Waals surface area contributed by atoms with Gasteiger partial charge in [0.1, 0.15) is 36.4 Å². The molecule has 1 heterocycles. The van der Waals surface area contributed by atoms with Crippen molar-refractivity contribution in [3.05, 3.63) is 0 Å². The number of aliphatic hydroxyl groups excluding tert-OH is 3. The van der Waals surface area contributed by atoms with Gasteiger partial charge in [-0.2, -0.15) is 0 Å². The Kier molecular flexibility index (Phi) is 15.1. The molecule has 9 atom stereocenters. The van der Waals surface area contributed by atoms with Crippen LogP contribution in [0, 0.1) is 0 Å². The van der Waals surface area contributed by atoms with Gasteiger partial charge in [-0.15, -0.1) is 0 Å². The number of ether oxygens (including phenoxy) is 2. The fourth-order valence-electron chi connectivity index (χ4n) is 4.35. The van der Waals surface area contributed by atoms with Gasteiger partial charge in [0, 0.05) is 19.9 Å². The Bertz CT molecular complexity index is 907. The maximum atomic E-state index is 13.3. The van der Waals surface area contributed by atoms with E-state index in [4.69, 9.17) is 26.7 Å². The standard InChI is InChI=1S/C24H44N6O11/c1-11(40-20-18(28-13(3)32)24(39)41-16(10-31)19(20)34)9-30(15(23(37)38)5-4-8-25)17(33)7-6-14(21(27)35)29-22(36)12(2)26/h11-12,14-16,18-20,24,31,34,39H,4-10,25-26H2,1-3H3,(H2,27,35)(H,28,32)(H,29,36)(H,37,38)/t11?,12-,14+,15-,16+,18+,19+,20+,24-/m0/s1. The summed E-state index contributed by atoms with van der Waals surface area (Å²) in [4.78, 5) is 62.0. The van der Waals surface area contributed by atoms with Gasteiger partial charge in [-0.1, -0.05) is 0 Å². The molecule has 1 rings (SSSR count). The first-order valence-electron chi connectivity index (χ1n) is 13.3. The van der Waals surface area contributed by atoms with Crippen LogP contribution in [-0.4, -0.2) is 129 Å². The van der Waals surface area contributed by atoms with Crippen LogP contribution in [0.2, 0.25) is 0 Å². The maximum Gasteiger partial charge on any atom is 0.326 e. The summed E-state index contributed by atoms with van der Waals surface area (Å²) in [5.41, 5.74) is 16.4. The normalized spacial score (nSPS) is 25.3. The zero-order valence-electron chi connectivity index (χ0n) is 23.5. The first kappa shape index (κ1) is 36.1. The molecule has 0 aromatic carbocycles. The second-order valence-corrected chi connectivity index (χ2v) is 10.00. The fraction of sp³-hybridized carbons (Fsp3) is 0.792. The third kappa shape index (κ3) is 11.1. The van der Waals surface area contributed by atoms with E-state index < -0.39 is 91.1 Å². The molecule has 4 amide bonds. The monoisotopic (exact) mass is 592 g/mol. The van der Waals surface area contributed by atoms with Crippen molar-refractivity contribution in [1.82, 2.24) is 15.5 Å². The quantitative estimate of drug-likeness (QED) is 0.0770. The number of carbonyl (C=O) groups is 5. The van der Waals surface area contributed by atoms with E-state index in [1.54, 1.807) is 0 Å². The topological polar surface area (TPSA) is 290 Å². The van der Waals surface area contributed by atoms with E-state index in [1.807, 2.05) is 0 Å². The number of aliphatic carboxylic acids is 1. The lowest BCUT2D eigenvalue weighted by molar-refractivity contribution is -0.268. The van der Waals surface area contributed by atoms with Gasteiger partial charge in [-0.3, -0.25) is 19.2 Å². The second-order valence-electron chi connectivity index (χ2n) is 10.00. The Morgan fingerprint density at radius 2 is 1.76 bits per heavy atom. The molecule has 1 aliphatic rings. The molecule has 1 fully saturated rings. The van der Waals surface area contributed by atoms with Crippen molar-refractivity contribution in [2.24, 2.45) is 17.2 Å². The van der Waals surface area contributed by atoms with Crippen molar-refractivity contribution in [3.8, 4) is 0 Å². The van der Waals surface area contributed by atoms with Gasteiger partial charge in [0.15, 0.2) is 6.29 Å². The molecule has 0 spiro atoms. The number of nitrogens with one attached hydrogen (secondary N) is 2. The van der Waals surface area contributed by atoms with Gasteiger partial charge in [0.2, 0.25) is 23.6 Å². The van der Waals surface area contributed by atoms with Crippen LogP contribution in [-0.2, 0) is 33.4 Å². The van der Waals surface area contributed by atoms with Crippen molar-refractivity contribution in [1.29, 1.82) is 0 Å². The summed E-state index contributed by atoms with van der Waals surface area (Å²) in [6, 6.07) is -4.79. The van der Waals surface area contributed by atoms with Gasteiger partial charge >= 0.3 is 5.97 Å². The minimum atomic E-state index is -1.65. The van der Waals surface area contributed by atoms with Crippen LogP contribution in [0.3, 0.4) is 0 Å². The van der Waals surface area contributed by atoms with Crippen molar-refractivity contribution in [2.75, 3.05) is 19.7 Å². The molecule has 17 nitrogen and oxygen atoms in total. The SMILES string of the molecule is CC(=O)N[C@@H]1[C@@H](OC(C)CN(C(=O)CC[C@@H](NC(=O)[C@H](C)N)C(N)=O)[C@@H](CCCN)C(=O)O)[C@H](O)[C@@H](CO)O[C@@H]1O. The zero-order chi connectivity index (χ0) is 31.4. The van der Waals surface area contributed by atoms with Gasteiger partial charge in [-0.25, -0.2) is 4.79 Å². The minimum absolute atomic E-state index is 0.00925. The first-order valence-corrected chi connectivity index (χ1v) is 13.3. The Morgan fingerprint density at radius 1 is 1.12 bits per heavy atom. The van der Waals surface area contributed by atoms with E-state index in [-0.39, 0.29) is 38.8 Å². The summed E-state index contributed by atoms with van der Waals surface area (Å²) < 4.78 is 11.1. The number of hydrogen-bond acceptors (Lipinski definition) is 12. The Morgan fingerprint density at radius 3 is 2.24 bits per heavy atom. The zero-order valence-corrected chi connectivity index (χ0v) is 23.5. The molecule has 0 aromatic rings. The first-order chi connectivity index (χ1) is 19.1. The molecule has 17 heteroatoms. The highest BCUT2D eigenvalue weighted by Gasteiger charge is 2.46. The molecule has 1 aliphatic heterocycles. The summed E-state index contributed by atoms with van der Waals surface area (Å²) in [7, 11) is 0. The third-order valence-electron chi connectivity index (χ3n) is 6.47. The molecule has 12 N–H and O–H groups in total. The molecule has 0 radical (unpaired) electrons. The number of rotatable bonds is 17. The lowest BCUT2D eigenvalue weighted by Gasteiger charge is -2.44. The lowest BCUT2D eigenvalue weighted by atomic mass is 9.96. The van der Waals surface area contributed by atoms with Crippen molar-refractivity contribution >= 4 is 29.6 Å². The predicted molar refractivity (Wildman–Crippen MR) is 141 cm³/mol. The molecule has 41 heavy (non-hydrogen) atoms. The van der Waals surface area contributed by atoms with E-state index in [9.17, 15) is 44.4 Å².